The SMILES string of the molecule is CN(C)c1cccc(C(=N)[O-])c1. The first-order valence-corrected chi connectivity index (χ1v) is 3.64. The molecule has 3 heteroatoms. The highest BCUT2D eigenvalue weighted by molar-refractivity contribution is 5.89. The monoisotopic (exact) mass is 163 g/mol. The molecule has 0 amide bonds. The fraction of sp³-hybridized carbons (Fsp3) is 0.222. The third-order valence-corrected chi connectivity index (χ3v) is 1.62. The van der Waals surface area contributed by atoms with Crippen LogP contribution in [0.25, 0.3) is 0 Å². The number of benzene rings is 1. The van der Waals surface area contributed by atoms with Crippen LogP contribution >= 0.6 is 0 Å². The van der Waals surface area contributed by atoms with E-state index in [-0.39, 0.29) is 0 Å². The van der Waals surface area contributed by atoms with E-state index in [0.29, 0.717) is 5.56 Å². The van der Waals surface area contributed by atoms with Crippen molar-refractivity contribution in [2.75, 3.05) is 19.0 Å². The second-order valence-electron chi connectivity index (χ2n) is 2.77. The molecule has 0 saturated heterocycles. The second kappa shape index (κ2) is 3.26. The smallest absolute Gasteiger partial charge is 0.0367 e. The van der Waals surface area contributed by atoms with Gasteiger partial charge in [0.15, 0.2) is 0 Å². The number of hydrogen-bond donors (Lipinski definition) is 1. The molecule has 0 heterocycles. The van der Waals surface area contributed by atoms with E-state index in [2.05, 4.69) is 0 Å². The Labute approximate surface area is 71.8 Å². The summed E-state index contributed by atoms with van der Waals surface area (Å²) < 4.78 is 0. The minimum absolute atomic E-state index is 0.432. The van der Waals surface area contributed by atoms with Crippen molar-refractivity contribution in [2.45, 2.75) is 0 Å². The van der Waals surface area contributed by atoms with Crippen LogP contribution in [0.5, 0.6) is 0 Å². The molecule has 0 aliphatic rings. The van der Waals surface area contributed by atoms with Crippen molar-refractivity contribution in [3.05, 3.63) is 29.8 Å². The summed E-state index contributed by atoms with van der Waals surface area (Å²) in [5.74, 6) is -0.640. The molecule has 0 aliphatic carbocycles. The van der Waals surface area contributed by atoms with Gasteiger partial charge < -0.3 is 15.4 Å². The normalized spacial score (nSPS) is 9.50. The van der Waals surface area contributed by atoms with Crippen molar-refractivity contribution in [3.63, 3.8) is 0 Å². The Bertz CT molecular complexity index is 294. The van der Waals surface area contributed by atoms with Gasteiger partial charge in [0.1, 0.15) is 0 Å². The number of anilines is 1. The largest absolute Gasteiger partial charge is 0.859 e. The molecule has 0 atom stereocenters. The van der Waals surface area contributed by atoms with Gasteiger partial charge in [-0.3, -0.25) is 0 Å². The lowest BCUT2D eigenvalue weighted by molar-refractivity contribution is -0.214. The summed E-state index contributed by atoms with van der Waals surface area (Å²) in [6.45, 7) is 0. The van der Waals surface area contributed by atoms with Crippen LogP contribution in [0.1, 0.15) is 5.56 Å². The fourth-order valence-electron chi connectivity index (χ4n) is 0.925. The highest BCUT2D eigenvalue weighted by Gasteiger charge is 1.95. The zero-order valence-electron chi connectivity index (χ0n) is 7.16. The van der Waals surface area contributed by atoms with Crippen molar-refractivity contribution < 1.29 is 5.11 Å². The summed E-state index contributed by atoms with van der Waals surface area (Å²) in [6.07, 6.45) is 0. The summed E-state index contributed by atoms with van der Waals surface area (Å²) in [6, 6.07) is 7.02. The highest BCUT2D eigenvalue weighted by Crippen LogP contribution is 2.12. The van der Waals surface area contributed by atoms with Gasteiger partial charge >= 0.3 is 0 Å². The van der Waals surface area contributed by atoms with Crippen LogP contribution in [0.15, 0.2) is 24.3 Å². The molecule has 0 bridgehead atoms. The van der Waals surface area contributed by atoms with Gasteiger partial charge in [-0.05, 0) is 23.6 Å². The Kier molecular flexibility index (Phi) is 2.33. The Balaban J connectivity index is 3.04. The molecule has 0 aromatic heterocycles. The maximum Gasteiger partial charge on any atom is 0.0367 e. The number of hydrogen-bond acceptors (Lipinski definition) is 3. The van der Waals surface area contributed by atoms with Crippen molar-refractivity contribution in [2.24, 2.45) is 0 Å². The molecular formula is C9H11N2O-. The van der Waals surface area contributed by atoms with Gasteiger partial charge in [-0.1, -0.05) is 12.1 Å². The van der Waals surface area contributed by atoms with Gasteiger partial charge in [0, 0.05) is 19.8 Å². The first-order valence-electron chi connectivity index (χ1n) is 3.64. The lowest BCUT2D eigenvalue weighted by Crippen LogP contribution is -2.17. The quantitative estimate of drug-likeness (QED) is 0.508. The van der Waals surface area contributed by atoms with Crippen molar-refractivity contribution in [1.29, 1.82) is 5.41 Å². The van der Waals surface area contributed by atoms with Crippen LogP contribution in [0.4, 0.5) is 5.69 Å². The fourth-order valence-corrected chi connectivity index (χ4v) is 0.925. The number of rotatable bonds is 2. The average Bonchev–Trinajstić information content (AvgIpc) is 2.04. The van der Waals surface area contributed by atoms with E-state index in [1.54, 1.807) is 18.2 Å². The maximum atomic E-state index is 10.7. The van der Waals surface area contributed by atoms with Gasteiger partial charge in [0.2, 0.25) is 0 Å². The zero-order chi connectivity index (χ0) is 9.14. The van der Waals surface area contributed by atoms with Gasteiger partial charge in [-0.2, -0.15) is 0 Å². The van der Waals surface area contributed by atoms with Crippen molar-refractivity contribution in [1.82, 2.24) is 0 Å². The molecule has 0 spiro atoms. The molecule has 1 aromatic rings. The number of nitrogens with zero attached hydrogens (tertiary/aromatic N) is 1. The molecule has 1 rings (SSSR count). The first kappa shape index (κ1) is 8.59. The highest BCUT2D eigenvalue weighted by atomic mass is 16.3. The minimum Gasteiger partial charge on any atom is -0.859 e. The summed E-state index contributed by atoms with van der Waals surface area (Å²) in [5, 5.41) is 17.6. The standard InChI is InChI=1S/C9H12N2O/c1-11(2)8-5-3-4-7(6-8)9(10)12/h3-6H,1-2H3,(H2,10,12)/p-1. The van der Waals surface area contributed by atoms with E-state index >= 15 is 0 Å². The molecule has 1 aromatic carbocycles. The van der Waals surface area contributed by atoms with E-state index in [1.807, 2.05) is 25.1 Å². The third-order valence-electron chi connectivity index (χ3n) is 1.62. The van der Waals surface area contributed by atoms with Crippen LogP contribution in [-0.4, -0.2) is 20.0 Å². The summed E-state index contributed by atoms with van der Waals surface area (Å²) in [4.78, 5) is 1.90. The van der Waals surface area contributed by atoms with Crippen molar-refractivity contribution in [3.8, 4) is 0 Å². The van der Waals surface area contributed by atoms with E-state index in [9.17, 15) is 5.11 Å². The second-order valence-corrected chi connectivity index (χ2v) is 2.77. The molecule has 0 unspecified atom stereocenters. The molecule has 12 heavy (non-hydrogen) atoms. The van der Waals surface area contributed by atoms with E-state index in [0.717, 1.165) is 5.69 Å². The van der Waals surface area contributed by atoms with E-state index in [1.165, 1.54) is 0 Å². The molecule has 0 saturated carbocycles. The Morgan fingerprint density at radius 1 is 1.42 bits per heavy atom. The molecule has 0 aliphatic heterocycles. The third kappa shape index (κ3) is 1.75. The van der Waals surface area contributed by atoms with Gasteiger partial charge in [0.05, 0.1) is 0 Å². The van der Waals surface area contributed by atoms with Crippen molar-refractivity contribution >= 4 is 11.6 Å². The first-order chi connectivity index (χ1) is 5.61. The van der Waals surface area contributed by atoms with Crippen LogP contribution < -0.4 is 10.0 Å². The Morgan fingerprint density at radius 3 is 2.58 bits per heavy atom. The summed E-state index contributed by atoms with van der Waals surface area (Å²) in [7, 11) is 3.79. The minimum atomic E-state index is -0.640. The van der Waals surface area contributed by atoms with Crippen LogP contribution in [0, 0.1) is 5.41 Å². The predicted octanol–water partition coefficient (Wildman–Crippen LogP) is 0.438. The maximum absolute atomic E-state index is 10.7. The molecule has 0 radical (unpaired) electrons. The topological polar surface area (TPSA) is 50.2 Å². The summed E-state index contributed by atoms with van der Waals surface area (Å²) >= 11 is 0. The van der Waals surface area contributed by atoms with Crippen LogP contribution in [0.3, 0.4) is 0 Å². The zero-order valence-corrected chi connectivity index (χ0v) is 7.16. The Hall–Kier alpha value is -1.51. The molecule has 0 fully saturated rings. The van der Waals surface area contributed by atoms with Crippen LogP contribution in [0.2, 0.25) is 0 Å². The van der Waals surface area contributed by atoms with Gasteiger partial charge in [-0.25, -0.2) is 0 Å². The molecule has 3 nitrogen and oxygen atoms in total. The Morgan fingerprint density at radius 2 is 2.08 bits per heavy atom. The van der Waals surface area contributed by atoms with Crippen LogP contribution in [-0.2, 0) is 0 Å². The molecular weight excluding hydrogens is 152 g/mol. The van der Waals surface area contributed by atoms with E-state index in [4.69, 9.17) is 5.41 Å². The van der Waals surface area contributed by atoms with Gasteiger partial charge in [-0.15, -0.1) is 0 Å². The average molecular weight is 163 g/mol. The van der Waals surface area contributed by atoms with Gasteiger partial charge in [0.25, 0.3) is 0 Å². The van der Waals surface area contributed by atoms with E-state index < -0.39 is 5.90 Å². The number of nitrogens with one attached hydrogen (secondary N) is 1. The molecule has 64 valence electrons. The lowest BCUT2D eigenvalue weighted by Gasteiger charge is -2.15. The predicted molar refractivity (Wildman–Crippen MR) is 47.6 cm³/mol. The molecule has 1 N–H and O–H groups in total. The lowest BCUT2D eigenvalue weighted by atomic mass is 10.2. The summed E-state index contributed by atoms with van der Waals surface area (Å²) in [5.41, 5.74) is 1.37.